The molecule has 1 fully saturated rings. The number of ether oxygens (including phenoxy) is 1. The molecule has 2 heterocycles. The van der Waals surface area contributed by atoms with Gasteiger partial charge in [0.15, 0.2) is 5.96 Å². The van der Waals surface area contributed by atoms with Crippen LogP contribution in [0.3, 0.4) is 0 Å². The molecule has 1 aliphatic heterocycles. The van der Waals surface area contributed by atoms with Gasteiger partial charge in [0.2, 0.25) is 0 Å². The molecule has 0 amide bonds. The first kappa shape index (κ1) is 25.7. The average molecular weight is 520 g/mol. The monoisotopic (exact) mass is 520 g/mol. The number of piperidine rings is 1. The van der Waals surface area contributed by atoms with Crippen LogP contribution in [0, 0.1) is 5.92 Å². The van der Waals surface area contributed by atoms with E-state index in [1.54, 1.807) is 6.26 Å². The Hall–Kier alpha value is -1.29. The first-order valence-electron chi connectivity index (χ1n) is 10.6. The number of carbonyl (C=O) groups is 1. The van der Waals surface area contributed by atoms with E-state index in [4.69, 9.17) is 14.1 Å². The zero-order valence-corrected chi connectivity index (χ0v) is 20.6. The number of nitrogens with one attached hydrogen (secondary N) is 1. The van der Waals surface area contributed by atoms with Crippen LogP contribution >= 0.6 is 24.0 Å². The van der Waals surface area contributed by atoms with Crippen LogP contribution in [0.15, 0.2) is 27.8 Å². The first-order valence-corrected chi connectivity index (χ1v) is 10.6. The summed E-state index contributed by atoms with van der Waals surface area (Å²) in [7, 11) is 0. The summed E-state index contributed by atoms with van der Waals surface area (Å²) in [6, 6.07) is 4.08. The average Bonchev–Trinajstić information content (AvgIpc) is 3.25. The molecular formula is C21H37IN4O3. The number of likely N-dealkylation sites (N-methyl/N-ethyl adjacent to an activating group) is 1. The molecule has 0 spiro atoms. The molecule has 0 aliphatic carbocycles. The number of rotatable bonds is 9. The molecule has 7 nitrogen and oxygen atoms in total. The lowest BCUT2D eigenvalue weighted by molar-refractivity contribution is -0.149. The highest BCUT2D eigenvalue weighted by molar-refractivity contribution is 14.0. The molecule has 166 valence electrons. The van der Waals surface area contributed by atoms with E-state index in [2.05, 4.69) is 35.9 Å². The molecule has 1 aromatic rings. The second-order valence-electron chi connectivity index (χ2n) is 6.96. The third kappa shape index (κ3) is 7.47. The second kappa shape index (κ2) is 13.8. The number of aliphatic imine (C=N–C) groups is 1. The number of guanidine groups is 1. The van der Waals surface area contributed by atoms with Crippen molar-refractivity contribution >= 4 is 35.9 Å². The number of hydrogen-bond donors (Lipinski definition) is 1. The van der Waals surface area contributed by atoms with E-state index >= 15 is 0 Å². The SMILES string of the molecule is CCNC(=NCC(c1ccco1)N(CC)CC)N1CCC(C(=O)OCC)CC1.I. The molecule has 1 unspecified atom stereocenters. The van der Waals surface area contributed by atoms with E-state index in [0.717, 1.165) is 57.3 Å². The first-order chi connectivity index (χ1) is 13.6. The maximum Gasteiger partial charge on any atom is 0.309 e. The summed E-state index contributed by atoms with van der Waals surface area (Å²) in [5.41, 5.74) is 0. The van der Waals surface area contributed by atoms with Crippen molar-refractivity contribution in [1.29, 1.82) is 0 Å². The van der Waals surface area contributed by atoms with Crippen LogP contribution in [-0.2, 0) is 9.53 Å². The van der Waals surface area contributed by atoms with Gasteiger partial charge in [-0.1, -0.05) is 13.8 Å². The Kier molecular flexibility index (Phi) is 12.3. The van der Waals surface area contributed by atoms with Crippen molar-refractivity contribution in [3.05, 3.63) is 24.2 Å². The summed E-state index contributed by atoms with van der Waals surface area (Å²) < 4.78 is 10.9. The summed E-state index contributed by atoms with van der Waals surface area (Å²) in [5, 5.41) is 3.41. The molecular weight excluding hydrogens is 483 g/mol. The fourth-order valence-corrected chi connectivity index (χ4v) is 3.72. The third-order valence-electron chi connectivity index (χ3n) is 5.29. The maximum atomic E-state index is 12.0. The predicted molar refractivity (Wildman–Crippen MR) is 127 cm³/mol. The van der Waals surface area contributed by atoms with Crippen molar-refractivity contribution in [2.24, 2.45) is 10.9 Å². The summed E-state index contributed by atoms with van der Waals surface area (Å²) in [6.07, 6.45) is 3.34. The van der Waals surface area contributed by atoms with Crippen LogP contribution in [0.25, 0.3) is 0 Å². The molecule has 1 N–H and O–H groups in total. The number of halogens is 1. The summed E-state index contributed by atoms with van der Waals surface area (Å²) in [5.74, 6) is 1.80. The van der Waals surface area contributed by atoms with E-state index < -0.39 is 0 Å². The number of carbonyl (C=O) groups excluding carboxylic acids is 1. The molecule has 0 saturated carbocycles. The summed E-state index contributed by atoms with van der Waals surface area (Å²) in [4.78, 5) is 21.5. The molecule has 1 saturated heterocycles. The second-order valence-corrected chi connectivity index (χ2v) is 6.96. The molecule has 8 heteroatoms. The molecule has 2 rings (SSSR count). The van der Waals surface area contributed by atoms with E-state index in [9.17, 15) is 4.79 Å². The lowest BCUT2D eigenvalue weighted by atomic mass is 9.97. The Balaban J connectivity index is 0.00000420. The molecule has 1 atom stereocenters. The van der Waals surface area contributed by atoms with Crippen molar-refractivity contribution in [1.82, 2.24) is 15.1 Å². The highest BCUT2D eigenvalue weighted by Crippen LogP contribution is 2.22. The summed E-state index contributed by atoms with van der Waals surface area (Å²) in [6.45, 7) is 13.7. The fraction of sp³-hybridized carbons (Fsp3) is 0.714. The lowest BCUT2D eigenvalue weighted by Crippen LogP contribution is -2.47. The Morgan fingerprint density at radius 2 is 2.00 bits per heavy atom. The Labute approximate surface area is 192 Å². The highest BCUT2D eigenvalue weighted by atomic mass is 127. The van der Waals surface area contributed by atoms with E-state index in [-0.39, 0.29) is 41.9 Å². The van der Waals surface area contributed by atoms with E-state index in [1.165, 1.54) is 0 Å². The van der Waals surface area contributed by atoms with Crippen LogP contribution in [0.2, 0.25) is 0 Å². The van der Waals surface area contributed by atoms with Gasteiger partial charge in [-0.2, -0.15) is 0 Å². The van der Waals surface area contributed by atoms with Gasteiger partial charge in [0.1, 0.15) is 5.76 Å². The zero-order valence-electron chi connectivity index (χ0n) is 18.2. The van der Waals surface area contributed by atoms with Gasteiger partial charge in [-0.3, -0.25) is 14.7 Å². The molecule has 0 aromatic carbocycles. The van der Waals surface area contributed by atoms with Crippen LogP contribution in [0.5, 0.6) is 0 Å². The zero-order chi connectivity index (χ0) is 20.4. The molecule has 1 aliphatic rings. The van der Waals surface area contributed by atoms with E-state index in [0.29, 0.717) is 13.2 Å². The van der Waals surface area contributed by atoms with Gasteiger partial charge in [0.25, 0.3) is 0 Å². The normalized spacial score (nSPS) is 16.4. The standard InChI is InChI=1S/C21H36N4O3.HI/c1-5-22-21(25-13-11-17(12-14-25)20(26)27-8-4)23-16-18(24(6-2)7-3)19-10-9-15-28-19;/h9-10,15,17-18H,5-8,11-14,16H2,1-4H3,(H,22,23);1H. The van der Waals surface area contributed by atoms with Crippen molar-refractivity contribution < 1.29 is 13.9 Å². The number of nitrogens with zero attached hydrogens (tertiary/aromatic N) is 3. The fourth-order valence-electron chi connectivity index (χ4n) is 3.72. The number of hydrogen-bond acceptors (Lipinski definition) is 5. The molecule has 0 bridgehead atoms. The summed E-state index contributed by atoms with van der Waals surface area (Å²) >= 11 is 0. The topological polar surface area (TPSA) is 70.3 Å². The highest BCUT2D eigenvalue weighted by Gasteiger charge is 2.28. The van der Waals surface area contributed by atoms with Crippen molar-refractivity contribution in [3.63, 3.8) is 0 Å². The quantitative estimate of drug-likeness (QED) is 0.233. The number of furan rings is 1. The number of likely N-dealkylation sites (tertiary alicyclic amines) is 1. The van der Waals surface area contributed by atoms with E-state index in [1.807, 2.05) is 19.1 Å². The van der Waals surface area contributed by atoms with Crippen molar-refractivity contribution in [2.45, 2.75) is 46.6 Å². The van der Waals surface area contributed by atoms with Crippen LogP contribution in [-0.4, -0.2) is 67.6 Å². The van der Waals surface area contributed by atoms with Gasteiger partial charge in [-0.15, -0.1) is 24.0 Å². The van der Waals surface area contributed by atoms with Gasteiger partial charge in [0, 0.05) is 19.6 Å². The molecule has 29 heavy (non-hydrogen) atoms. The van der Waals surface area contributed by atoms with Gasteiger partial charge >= 0.3 is 5.97 Å². The minimum Gasteiger partial charge on any atom is -0.468 e. The van der Waals surface area contributed by atoms with Crippen molar-refractivity contribution in [3.8, 4) is 0 Å². The number of esters is 1. The van der Waals surface area contributed by atoms with Gasteiger partial charge in [-0.25, -0.2) is 0 Å². The Morgan fingerprint density at radius 3 is 2.52 bits per heavy atom. The molecule has 0 radical (unpaired) electrons. The minimum atomic E-state index is -0.0662. The maximum absolute atomic E-state index is 12.0. The van der Waals surface area contributed by atoms with Gasteiger partial charge in [0.05, 0.1) is 31.4 Å². The minimum absolute atomic E-state index is 0. The van der Waals surface area contributed by atoms with Gasteiger partial charge < -0.3 is 19.4 Å². The predicted octanol–water partition coefficient (Wildman–Crippen LogP) is 3.52. The van der Waals surface area contributed by atoms with Crippen molar-refractivity contribution in [2.75, 3.05) is 45.9 Å². The van der Waals surface area contributed by atoms with Gasteiger partial charge in [-0.05, 0) is 51.9 Å². The van der Waals surface area contributed by atoms with Crippen LogP contribution in [0.1, 0.15) is 52.3 Å². The Bertz CT molecular complexity index is 597. The largest absolute Gasteiger partial charge is 0.468 e. The van der Waals surface area contributed by atoms with Crippen LogP contribution < -0.4 is 5.32 Å². The third-order valence-corrected chi connectivity index (χ3v) is 5.29. The lowest BCUT2D eigenvalue weighted by Gasteiger charge is -2.34. The molecule has 1 aromatic heterocycles. The van der Waals surface area contributed by atoms with Crippen LogP contribution in [0.4, 0.5) is 0 Å². The Morgan fingerprint density at radius 1 is 1.31 bits per heavy atom. The smallest absolute Gasteiger partial charge is 0.309 e.